The van der Waals surface area contributed by atoms with Gasteiger partial charge in [0.05, 0.1) is 6.04 Å². The molecule has 1 aliphatic heterocycles. The van der Waals surface area contributed by atoms with Gasteiger partial charge in [0.2, 0.25) is 5.88 Å². The van der Waals surface area contributed by atoms with Crippen molar-refractivity contribution in [1.29, 1.82) is 0 Å². The number of aromatic nitrogens is 2. The molecule has 0 aliphatic carbocycles. The molecule has 0 fully saturated rings. The molecule has 2 amide bonds. The number of aryl methyl sites for hydroxylation is 1. The molecule has 1 N–H and O–H groups in total. The van der Waals surface area contributed by atoms with Crippen LogP contribution in [-0.2, 0) is 6.54 Å². The Kier molecular flexibility index (Phi) is 7.40. The van der Waals surface area contributed by atoms with Crippen molar-refractivity contribution in [3.63, 3.8) is 0 Å². The first kappa shape index (κ1) is 23.6. The number of alkyl halides is 1. The first-order chi connectivity index (χ1) is 15.2. The number of hydrogen-bond donors (Lipinski definition) is 1. The van der Waals surface area contributed by atoms with Crippen LogP contribution in [0.3, 0.4) is 0 Å². The minimum Gasteiger partial charge on any atom is -0.474 e. The van der Waals surface area contributed by atoms with E-state index in [2.05, 4.69) is 15.3 Å². The van der Waals surface area contributed by atoms with E-state index in [1.165, 1.54) is 13.1 Å². The molecule has 0 radical (unpaired) electrons. The van der Waals surface area contributed by atoms with E-state index in [1.54, 1.807) is 17.2 Å². The van der Waals surface area contributed by atoms with Gasteiger partial charge in [0.15, 0.2) is 0 Å². The van der Waals surface area contributed by atoms with Crippen LogP contribution in [0.4, 0.5) is 4.39 Å². The Bertz CT molecular complexity index is 996. The fraction of sp³-hybridized carbons (Fsp3) is 0.478. The van der Waals surface area contributed by atoms with Crippen LogP contribution in [-0.4, -0.2) is 71.5 Å². The number of amides is 2. The molecule has 172 valence electrons. The first-order valence-electron chi connectivity index (χ1n) is 10.6. The van der Waals surface area contributed by atoms with Crippen molar-refractivity contribution in [1.82, 2.24) is 25.1 Å². The number of rotatable bonds is 9. The lowest BCUT2D eigenvalue weighted by Gasteiger charge is -2.25. The quantitative estimate of drug-likeness (QED) is 0.641. The number of pyridine rings is 2. The lowest BCUT2D eigenvalue weighted by atomic mass is 10.1. The normalized spacial score (nSPS) is 15.0. The first-order valence-corrected chi connectivity index (χ1v) is 10.6. The van der Waals surface area contributed by atoms with Crippen molar-refractivity contribution in [2.24, 2.45) is 0 Å². The van der Waals surface area contributed by atoms with Crippen LogP contribution >= 0.6 is 0 Å². The molecule has 1 aliphatic rings. The number of hydrogen-bond acceptors (Lipinski definition) is 6. The van der Waals surface area contributed by atoms with Gasteiger partial charge in [0, 0.05) is 48.7 Å². The van der Waals surface area contributed by atoms with Crippen LogP contribution in [0.15, 0.2) is 24.5 Å². The van der Waals surface area contributed by atoms with E-state index < -0.39 is 6.17 Å². The van der Waals surface area contributed by atoms with Crippen molar-refractivity contribution in [3.8, 4) is 5.88 Å². The summed E-state index contributed by atoms with van der Waals surface area (Å²) < 4.78 is 18.5. The Morgan fingerprint density at radius 1 is 1.34 bits per heavy atom. The Morgan fingerprint density at radius 2 is 2.09 bits per heavy atom. The smallest absolute Gasteiger partial charge is 0.270 e. The average molecular weight is 444 g/mol. The number of carbonyl (C=O) groups is 2. The molecule has 3 heterocycles. The van der Waals surface area contributed by atoms with Gasteiger partial charge in [-0.15, -0.1) is 0 Å². The van der Waals surface area contributed by atoms with Crippen molar-refractivity contribution >= 4 is 11.8 Å². The van der Waals surface area contributed by atoms with Gasteiger partial charge in [-0.3, -0.25) is 14.6 Å². The lowest BCUT2D eigenvalue weighted by molar-refractivity contribution is 0.0714. The highest BCUT2D eigenvalue weighted by Crippen LogP contribution is 2.33. The van der Waals surface area contributed by atoms with Gasteiger partial charge in [0.25, 0.3) is 11.8 Å². The summed E-state index contributed by atoms with van der Waals surface area (Å²) in [5.74, 6) is -0.0593. The van der Waals surface area contributed by atoms with E-state index in [0.717, 1.165) is 11.1 Å². The van der Waals surface area contributed by atoms with Gasteiger partial charge in [0.1, 0.15) is 18.5 Å². The van der Waals surface area contributed by atoms with Gasteiger partial charge in [-0.1, -0.05) is 0 Å². The zero-order valence-corrected chi connectivity index (χ0v) is 19.2. The third-order valence-electron chi connectivity index (χ3n) is 5.39. The molecule has 2 aromatic heterocycles. The number of carbonyl (C=O) groups excluding carboxylic acids is 2. The van der Waals surface area contributed by atoms with Crippen LogP contribution in [0.2, 0.25) is 0 Å². The Morgan fingerprint density at radius 3 is 2.75 bits per heavy atom. The molecule has 0 saturated carbocycles. The topological polar surface area (TPSA) is 87.7 Å². The van der Waals surface area contributed by atoms with Crippen LogP contribution in [0.1, 0.15) is 57.4 Å². The fourth-order valence-electron chi connectivity index (χ4n) is 3.57. The van der Waals surface area contributed by atoms with Gasteiger partial charge >= 0.3 is 0 Å². The highest BCUT2D eigenvalue weighted by Gasteiger charge is 2.35. The molecular weight excluding hydrogens is 413 g/mol. The second kappa shape index (κ2) is 10.0. The number of halogens is 1. The minimum atomic E-state index is -1.08. The Balaban J connectivity index is 1.76. The molecule has 8 nitrogen and oxygen atoms in total. The van der Waals surface area contributed by atoms with Crippen LogP contribution in [0.5, 0.6) is 5.88 Å². The van der Waals surface area contributed by atoms with Crippen molar-refractivity contribution in [2.45, 2.75) is 39.5 Å². The van der Waals surface area contributed by atoms with E-state index in [-0.39, 0.29) is 36.7 Å². The Hall–Kier alpha value is -3.07. The number of nitrogens with one attached hydrogen (secondary N) is 1. The third kappa shape index (κ3) is 5.21. The molecule has 0 aromatic carbocycles. The summed E-state index contributed by atoms with van der Waals surface area (Å²) in [6.07, 6.45) is 2.05. The maximum atomic E-state index is 13.1. The maximum Gasteiger partial charge on any atom is 0.270 e. The van der Waals surface area contributed by atoms with Crippen LogP contribution < -0.4 is 10.1 Å². The van der Waals surface area contributed by atoms with Gasteiger partial charge < -0.3 is 19.9 Å². The number of fused-ring (bicyclic) bond motifs is 1. The zero-order chi connectivity index (χ0) is 23.4. The van der Waals surface area contributed by atoms with E-state index in [9.17, 15) is 14.0 Å². The predicted molar refractivity (Wildman–Crippen MR) is 118 cm³/mol. The number of ether oxygens (including phenoxy) is 1. The summed E-state index contributed by atoms with van der Waals surface area (Å²) in [4.78, 5) is 38.0. The molecule has 2 atom stereocenters. The molecule has 32 heavy (non-hydrogen) atoms. The van der Waals surface area contributed by atoms with E-state index in [0.29, 0.717) is 30.1 Å². The van der Waals surface area contributed by atoms with E-state index in [1.807, 2.05) is 38.9 Å². The third-order valence-corrected chi connectivity index (χ3v) is 5.39. The van der Waals surface area contributed by atoms with Gasteiger partial charge in [-0.2, -0.15) is 0 Å². The maximum absolute atomic E-state index is 13.1. The number of likely N-dealkylation sites (N-methyl/N-ethyl adjacent to an activating group) is 1. The highest BCUT2D eigenvalue weighted by molar-refractivity contribution is 6.03. The predicted octanol–water partition coefficient (Wildman–Crippen LogP) is 2.53. The monoisotopic (exact) mass is 443 g/mol. The summed E-state index contributed by atoms with van der Waals surface area (Å²) in [7, 11) is 3.86. The van der Waals surface area contributed by atoms with E-state index >= 15 is 0 Å². The molecule has 2 aromatic rings. The zero-order valence-electron chi connectivity index (χ0n) is 19.2. The van der Waals surface area contributed by atoms with E-state index in [4.69, 9.17) is 4.74 Å². The SMILES string of the molecule is Cc1cc(C(C)N2Cc3c(ccnc3C(=O)NCCN(C)C)C2=O)cnc1OC[C@@H](C)F. The summed E-state index contributed by atoms with van der Waals surface area (Å²) in [5.41, 5.74) is 3.00. The minimum absolute atomic E-state index is 0.0605. The molecule has 0 bridgehead atoms. The molecular formula is C23H30FN5O3. The molecule has 0 saturated heterocycles. The fourth-order valence-corrected chi connectivity index (χ4v) is 3.57. The lowest BCUT2D eigenvalue weighted by Crippen LogP contribution is -2.32. The molecule has 3 rings (SSSR count). The standard InChI is InChI=1S/C23H30FN5O3/c1-14-10-17(11-27-22(14)32-13-15(2)24)16(3)29-12-19-18(23(29)31)6-7-25-20(19)21(30)26-8-9-28(4)5/h6-7,10-11,15-16H,8-9,12-13H2,1-5H3,(H,26,30)/t15-,16?/m1/s1. The largest absolute Gasteiger partial charge is 0.474 e. The summed E-state index contributed by atoms with van der Waals surface area (Å²) in [6, 6.07) is 3.26. The second-order valence-corrected chi connectivity index (χ2v) is 8.34. The summed E-state index contributed by atoms with van der Waals surface area (Å²) in [5, 5.41) is 2.86. The molecule has 0 spiro atoms. The average Bonchev–Trinajstić information content (AvgIpc) is 3.08. The van der Waals surface area contributed by atoms with Crippen molar-refractivity contribution in [3.05, 3.63) is 52.5 Å². The summed E-state index contributed by atoms with van der Waals surface area (Å²) >= 11 is 0. The second-order valence-electron chi connectivity index (χ2n) is 8.34. The molecule has 1 unspecified atom stereocenters. The summed E-state index contributed by atoms with van der Waals surface area (Å²) in [6.45, 7) is 6.60. The van der Waals surface area contributed by atoms with Gasteiger partial charge in [-0.05, 0) is 52.6 Å². The molecule has 9 heteroatoms. The van der Waals surface area contributed by atoms with Crippen LogP contribution in [0, 0.1) is 6.92 Å². The number of nitrogens with zero attached hydrogens (tertiary/aromatic N) is 4. The Labute approximate surface area is 187 Å². The van der Waals surface area contributed by atoms with Gasteiger partial charge in [-0.25, -0.2) is 9.37 Å². The van der Waals surface area contributed by atoms with Crippen molar-refractivity contribution < 1.29 is 18.7 Å². The highest BCUT2D eigenvalue weighted by atomic mass is 19.1. The van der Waals surface area contributed by atoms with Crippen LogP contribution in [0.25, 0.3) is 0 Å². The van der Waals surface area contributed by atoms with Crippen molar-refractivity contribution in [2.75, 3.05) is 33.8 Å².